The van der Waals surface area contributed by atoms with E-state index in [1.54, 1.807) is 6.92 Å². The number of aliphatic hydroxyl groups is 1. The summed E-state index contributed by atoms with van der Waals surface area (Å²) < 4.78 is 29.8. The van der Waals surface area contributed by atoms with Crippen LogP contribution in [0.1, 0.15) is 32.6 Å². The van der Waals surface area contributed by atoms with Crippen molar-refractivity contribution < 1.29 is 23.4 Å². The lowest BCUT2D eigenvalue weighted by molar-refractivity contribution is -0.143. The van der Waals surface area contributed by atoms with Crippen molar-refractivity contribution in [3.05, 3.63) is 0 Å². The Morgan fingerprint density at radius 2 is 2.06 bits per heavy atom. The van der Waals surface area contributed by atoms with Gasteiger partial charge in [0.2, 0.25) is 0 Å². The summed E-state index contributed by atoms with van der Waals surface area (Å²) >= 11 is 0. The lowest BCUT2D eigenvalue weighted by atomic mass is 10.2. The fourth-order valence-corrected chi connectivity index (χ4v) is 1.26. The van der Waals surface area contributed by atoms with E-state index in [-0.39, 0.29) is 5.97 Å². The average Bonchev–Trinajstić information content (AvgIpc) is 2.28. The van der Waals surface area contributed by atoms with Gasteiger partial charge in [-0.2, -0.15) is 0 Å². The zero-order valence-corrected chi connectivity index (χ0v) is 10.2. The Hall–Kier alpha value is -0.750. The Morgan fingerprint density at radius 3 is 2.65 bits per heavy atom. The number of carbonyl (C=O) groups excluding carboxylic acids is 1. The van der Waals surface area contributed by atoms with Crippen molar-refractivity contribution in [2.75, 3.05) is 26.3 Å². The Labute approximate surface area is 100 Å². The molecule has 0 saturated heterocycles. The highest BCUT2D eigenvalue weighted by atomic mass is 19.3. The predicted octanol–water partition coefficient (Wildman–Crippen LogP) is 1.33. The van der Waals surface area contributed by atoms with Gasteiger partial charge in [0.1, 0.15) is 6.61 Å². The summed E-state index contributed by atoms with van der Waals surface area (Å²) in [4.78, 5) is 10.9. The molecule has 0 aromatic heterocycles. The predicted molar refractivity (Wildman–Crippen MR) is 60.0 cm³/mol. The monoisotopic (exact) mass is 253 g/mol. The van der Waals surface area contributed by atoms with Gasteiger partial charge in [-0.3, -0.25) is 4.79 Å². The van der Waals surface area contributed by atoms with E-state index < -0.39 is 19.1 Å². The molecule has 0 rings (SSSR count). The number of aliphatic hydroxyl groups excluding tert-OH is 1. The third-order valence-electron chi connectivity index (χ3n) is 2.15. The maximum Gasteiger partial charge on any atom is 0.305 e. The topological polar surface area (TPSA) is 58.6 Å². The molecule has 102 valence electrons. The highest BCUT2D eigenvalue weighted by Gasteiger charge is 2.26. The number of hydrogen-bond acceptors (Lipinski definition) is 4. The molecule has 17 heavy (non-hydrogen) atoms. The molecule has 6 heteroatoms. The molecule has 0 bridgehead atoms. The molecule has 0 heterocycles. The van der Waals surface area contributed by atoms with Crippen molar-refractivity contribution in [1.82, 2.24) is 5.32 Å². The number of nitrogens with one attached hydrogen (secondary N) is 1. The number of unbranched alkanes of at least 4 members (excludes halogenated alkanes) is 2. The maximum atomic E-state index is 12.5. The molecule has 0 aliphatic heterocycles. The smallest absolute Gasteiger partial charge is 0.305 e. The summed E-state index contributed by atoms with van der Waals surface area (Å²) in [6, 6.07) is 0. The third kappa shape index (κ3) is 10.1. The highest BCUT2D eigenvalue weighted by Crippen LogP contribution is 2.09. The molecule has 0 atom stereocenters. The zero-order chi connectivity index (χ0) is 13.1. The fourth-order valence-electron chi connectivity index (χ4n) is 1.26. The van der Waals surface area contributed by atoms with Crippen LogP contribution in [0.3, 0.4) is 0 Å². The molecule has 0 aliphatic rings. The van der Waals surface area contributed by atoms with Gasteiger partial charge < -0.3 is 15.2 Å². The lowest BCUT2D eigenvalue weighted by Gasteiger charge is -2.13. The Balaban J connectivity index is 3.27. The zero-order valence-electron chi connectivity index (χ0n) is 10.2. The van der Waals surface area contributed by atoms with Crippen LogP contribution in [-0.2, 0) is 9.53 Å². The summed E-state index contributed by atoms with van der Waals surface area (Å²) in [5.41, 5.74) is 0. The van der Waals surface area contributed by atoms with Gasteiger partial charge in [-0.25, -0.2) is 8.78 Å². The first-order valence-corrected chi connectivity index (χ1v) is 5.87. The summed E-state index contributed by atoms with van der Waals surface area (Å²) in [6.07, 6.45) is 2.59. The lowest BCUT2D eigenvalue weighted by Crippen LogP contribution is -2.36. The molecule has 0 spiro atoms. The van der Waals surface area contributed by atoms with Crippen LogP contribution < -0.4 is 5.32 Å². The van der Waals surface area contributed by atoms with Crippen molar-refractivity contribution in [2.45, 2.75) is 38.5 Å². The van der Waals surface area contributed by atoms with Crippen LogP contribution in [0.15, 0.2) is 0 Å². The molecular formula is C11H21F2NO3. The second-order valence-corrected chi connectivity index (χ2v) is 3.81. The number of alkyl halides is 2. The minimum absolute atomic E-state index is 0.215. The first-order valence-electron chi connectivity index (χ1n) is 5.87. The van der Waals surface area contributed by atoms with Crippen LogP contribution in [0.25, 0.3) is 0 Å². The largest absolute Gasteiger partial charge is 0.466 e. The van der Waals surface area contributed by atoms with Crippen molar-refractivity contribution in [2.24, 2.45) is 0 Å². The van der Waals surface area contributed by atoms with Crippen molar-refractivity contribution >= 4 is 5.97 Å². The Morgan fingerprint density at radius 1 is 1.35 bits per heavy atom. The van der Waals surface area contributed by atoms with E-state index in [9.17, 15) is 13.6 Å². The van der Waals surface area contributed by atoms with Gasteiger partial charge in [-0.15, -0.1) is 0 Å². The minimum Gasteiger partial charge on any atom is -0.466 e. The van der Waals surface area contributed by atoms with Crippen molar-refractivity contribution in [1.29, 1.82) is 0 Å². The van der Waals surface area contributed by atoms with E-state index in [4.69, 9.17) is 9.84 Å². The quantitative estimate of drug-likeness (QED) is 0.455. The summed E-state index contributed by atoms with van der Waals surface area (Å²) in [6.45, 7) is 0.947. The molecule has 0 amide bonds. The second-order valence-electron chi connectivity index (χ2n) is 3.81. The van der Waals surface area contributed by atoms with Crippen LogP contribution >= 0.6 is 0 Å². The van der Waals surface area contributed by atoms with E-state index >= 15 is 0 Å². The molecule has 0 saturated carbocycles. The van der Waals surface area contributed by atoms with Crippen LogP contribution in [0.5, 0.6) is 0 Å². The van der Waals surface area contributed by atoms with Gasteiger partial charge in [0.15, 0.2) is 0 Å². The normalized spacial score (nSPS) is 11.5. The molecule has 4 nitrogen and oxygen atoms in total. The molecule has 0 unspecified atom stereocenters. The van der Waals surface area contributed by atoms with Crippen LogP contribution in [0.4, 0.5) is 8.78 Å². The third-order valence-corrected chi connectivity index (χ3v) is 2.15. The SMILES string of the molecule is CCOC(=O)CCCCCNCC(F)(F)CO. The number of rotatable bonds is 10. The number of esters is 1. The van der Waals surface area contributed by atoms with E-state index in [1.165, 1.54) is 0 Å². The van der Waals surface area contributed by atoms with Crippen molar-refractivity contribution in [3.8, 4) is 0 Å². The number of carbonyl (C=O) groups is 1. The first kappa shape index (κ1) is 16.2. The Bertz CT molecular complexity index is 213. The molecular weight excluding hydrogens is 232 g/mol. The minimum atomic E-state index is -3.05. The van der Waals surface area contributed by atoms with Crippen LogP contribution in [-0.4, -0.2) is 43.3 Å². The van der Waals surface area contributed by atoms with Crippen LogP contribution in [0.2, 0.25) is 0 Å². The second kappa shape index (κ2) is 9.30. The maximum absolute atomic E-state index is 12.5. The standard InChI is InChI=1S/C11H21F2NO3/c1-2-17-10(16)6-4-3-5-7-14-8-11(12,13)9-15/h14-15H,2-9H2,1H3. The van der Waals surface area contributed by atoms with Gasteiger partial charge in [0.25, 0.3) is 5.92 Å². The number of halogens is 2. The molecule has 0 radical (unpaired) electrons. The number of ether oxygens (including phenoxy) is 1. The highest BCUT2D eigenvalue weighted by molar-refractivity contribution is 5.69. The molecule has 0 aromatic carbocycles. The van der Waals surface area contributed by atoms with Crippen LogP contribution in [0, 0.1) is 0 Å². The van der Waals surface area contributed by atoms with Gasteiger partial charge in [0, 0.05) is 6.42 Å². The molecule has 0 aliphatic carbocycles. The number of hydrogen-bond donors (Lipinski definition) is 2. The van der Waals surface area contributed by atoms with Gasteiger partial charge in [-0.05, 0) is 26.3 Å². The summed E-state index contributed by atoms with van der Waals surface area (Å²) in [5, 5.41) is 10.9. The summed E-state index contributed by atoms with van der Waals surface area (Å²) in [7, 11) is 0. The van der Waals surface area contributed by atoms with Crippen molar-refractivity contribution in [3.63, 3.8) is 0 Å². The average molecular weight is 253 g/mol. The fraction of sp³-hybridized carbons (Fsp3) is 0.909. The molecule has 2 N–H and O–H groups in total. The van der Waals surface area contributed by atoms with E-state index in [1.807, 2.05) is 0 Å². The van der Waals surface area contributed by atoms with Gasteiger partial charge in [0.05, 0.1) is 13.2 Å². The first-order chi connectivity index (χ1) is 8.02. The van der Waals surface area contributed by atoms with E-state index in [0.717, 1.165) is 12.8 Å². The summed E-state index contributed by atoms with van der Waals surface area (Å²) in [5.74, 6) is -3.27. The van der Waals surface area contributed by atoms with Gasteiger partial charge >= 0.3 is 5.97 Å². The molecule has 0 fully saturated rings. The molecule has 0 aromatic rings. The van der Waals surface area contributed by atoms with E-state index in [2.05, 4.69) is 5.32 Å². The van der Waals surface area contributed by atoms with Gasteiger partial charge in [-0.1, -0.05) is 6.42 Å². The van der Waals surface area contributed by atoms with E-state index in [0.29, 0.717) is 26.0 Å². The Kier molecular flexibility index (Phi) is 8.89.